The van der Waals surface area contributed by atoms with Gasteiger partial charge in [-0.1, -0.05) is 19.1 Å². The van der Waals surface area contributed by atoms with Crippen LogP contribution >= 0.6 is 0 Å². The number of ether oxygens (including phenoxy) is 1. The number of hydrogen-bond acceptors (Lipinski definition) is 5. The number of primary amides is 1. The molecule has 0 bridgehead atoms. The Bertz CT molecular complexity index is 638. The van der Waals surface area contributed by atoms with Crippen molar-refractivity contribution < 1.29 is 19.1 Å². The molecule has 1 aromatic carbocycles. The molecule has 8 heteroatoms. The molecule has 0 radical (unpaired) electrons. The van der Waals surface area contributed by atoms with Crippen LogP contribution in [0.1, 0.15) is 52.1 Å². The first-order valence-electron chi connectivity index (χ1n) is 8.47. The number of hydrogen-bond donors (Lipinski definition) is 4. The Kier molecular flexibility index (Phi) is 7.57. The highest BCUT2D eigenvalue weighted by Crippen LogP contribution is 2.18. The van der Waals surface area contributed by atoms with Gasteiger partial charge in [-0.05, 0) is 44.9 Å². The van der Waals surface area contributed by atoms with Crippen molar-refractivity contribution in [2.24, 2.45) is 11.5 Å². The minimum atomic E-state index is -1.02. The van der Waals surface area contributed by atoms with E-state index in [2.05, 4.69) is 10.6 Å². The second-order valence-electron chi connectivity index (χ2n) is 6.97. The van der Waals surface area contributed by atoms with Gasteiger partial charge in [0.1, 0.15) is 11.6 Å². The molecule has 0 aliphatic carbocycles. The second kappa shape index (κ2) is 9.19. The van der Waals surface area contributed by atoms with E-state index in [1.807, 2.05) is 6.92 Å². The lowest BCUT2D eigenvalue weighted by Gasteiger charge is -2.23. The predicted molar refractivity (Wildman–Crippen MR) is 99.3 cm³/mol. The molecule has 0 fully saturated rings. The lowest BCUT2D eigenvalue weighted by atomic mass is 9.99. The van der Waals surface area contributed by atoms with Crippen LogP contribution in [0.2, 0.25) is 0 Å². The fraction of sp³-hybridized carbons (Fsp3) is 0.500. The molecule has 0 heterocycles. The highest BCUT2D eigenvalue weighted by atomic mass is 16.6. The van der Waals surface area contributed by atoms with E-state index in [1.54, 1.807) is 45.0 Å². The first kappa shape index (κ1) is 21.4. The highest BCUT2D eigenvalue weighted by molar-refractivity contribution is 5.87. The van der Waals surface area contributed by atoms with Crippen LogP contribution in [-0.2, 0) is 14.3 Å². The van der Waals surface area contributed by atoms with Crippen molar-refractivity contribution in [2.75, 3.05) is 5.32 Å². The zero-order valence-electron chi connectivity index (χ0n) is 15.7. The van der Waals surface area contributed by atoms with Crippen LogP contribution in [0.4, 0.5) is 10.5 Å². The normalized spacial score (nSPS) is 13.4. The van der Waals surface area contributed by atoms with E-state index in [9.17, 15) is 14.4 Å². The largest absolute Gasteiger partial charge is 0.444 e. The summed E-state index contributed by atoms with van der Waals surface area (Å²) in [5.74, 6) is -0.993. The molecule has 26 heavy (non-hydrogen) atoms. The van der Waals surface area contributed by atoms with Crippen LogP contribution in [-0.4, -0.2) is 29.6 Å². The molecule has 2 atom stereocenters. The summed E-state index contributed by atoms with van der Waals surface area (Å²) in [5, 5.41) is 5.16. The average molecular weight is 364 g/mol. The molecule has 1 aromatic rings. The van der Waals surface area contributed by atoms with Crippen molar-refractivity contribution in [1.82, 2.24) is 5.32 Å². The molecule has 1 rings (SSSR count). The molecule has 0 aromatic heterocycles. The first-order chi connectivity index (χ1) is 12.0. The van der Waals surface area contributed by atoms with Gasteiger partial charge in [0.2, 0.25) is 11.8 Å². The summed E-state index contributed by atoms with van der Waals surface area (Å²) in [4.78, 5) is 35.2. The first-order valence-corrected chi connectivity index (χ1v) is 8.47. The maximum atomic E-state index is 11.8. The Labute approximate surface area is 153 Å². The SMILES string of the molecule is CCCC(=O)N[C@H](C(N)=O)[C@@H](N)c1ccc(NC(=O)OC(C)(C)C)cc1. The maximum Gasteiger partial charge on any atom is 0.412 e. The number of anilines is 1. The number of nitrogens with one attached hydrogen (secondary N) is 2. The van der Waals surface area contributed by atoms with E-state index in [4.69, 9.17) is 16.2 Å². The van der Waals surface area contributed by atoms with Gasteiger partial charge in [0.05, 0.1) is 6.04 Å². The molecule has 0 aliphatic rings. The molecular formula is C18H28N4O4. The van der Waals surface area contributed by atoms with E-state index in [1.165, 1.54) is 0 Å². The van der Waals surface area contributed by atoms with Gasteiger partial charge in [-0.3, -0.25) is 14.9 Å². The third-order valence-corrected chi connectivity index (χ3v) is 3.40. The Hall–Kier alpha value is -2.61. The molecule has 0 saturated heterocycles. The van der Waals surface area contributed by atoms with Crippen molar-refractivity contribution in [3.8, 4) is 0 Å². The molecule has 0 saturated carbocycles. The Morgan fingerprint density at radius 1 is 1.15 bits per heavy atom. The lowest BCUT2D eigenvalue weighted by Crippen LogP contribution is -2.50. The van der Waals surface area contributed by atoms with Gasteiger partial charge in [-0.25, -0.2) is 4.79 Å². The summed E-state index contributed by atoms with van der Waals surface area (Å²) in [7, 11) is 0. The van der Waals surface area contributed by atoms with Crippen molar-refractivity contribution in [3.63, 3.8) is 0 Å². The van der Waals surface area contributed by atoms with Crippen LogP contribution in [0.5, 0.6) is 0 Å². The zero-order chi connectivity index (χ0) is 19.9. The topological polar surface area (TPSA) is 137 Å². The molecule has 0 spiro atoms. The number of rotatable bonds is 7. The summed E-state index contributed by atoms with van der Waals surface area (Å²) >= 11 is 0. The minimum Gasteiger partial charge on any atom is -0.444 e. The molecule has 0 aliphatic heterocycles. The predicted octanol–water partition coefficient (Wildman–Crippen LogP) is 1.80. The number of nitrogens with two attached hydrogens (primary N) is 2. The van der Waals surface area contributed by atoms with Gasteiger partial charge in [-0.15, -0.1) is 0 Å². The van der Waals surface area contributed by atoms with Crippen LogP contribution < -0.4 is 22.1 Å². The van der Waals surface area contributed by atoms with Gasteiger partial charge in [0.15, 0.2) is 0 Å². The second-order valence-corrected chi connectivity index (χ2v) is 6.97. The molecule has 6 N–H and O–H groups in total. The number of carbonyl (C=O) groups excluding carboxylic acids is 3. The van der Waals surface area contributed by atoms with E-state index < -0.39 is 29.7 Å². The number of amides is 3. The Morgan fingerprint density at radius 2 is 1.73 bits per heavy atom. The quantitative estimate of drug-likeness (QED) is 0.585. The van der Waals surface area contributed by atoms with Crippen LogP contribution in [0.15, 0.2) is 24.3 Å². The summed E-state index contributed by atoms with van der Waals surface area (Å²) in [6.07, 6.45) is 0.365. The fourth-order valence-electron chi connectivity index (χ4n) is 2.21. The maximum absolute atomic E-state index is 11.8. The standard InChI is InChI=1S/C18H28N4O4/c1-5-6-13(23)22-15(16(20)24)14(19)11-7-9-12(10-8-11)21-17(25)26-18(2,3)4/h7-10,14-15H,5-6,19H2,1-4H3,(H2,20,24)(H,21,25)(H,22,23)/t14-,15-/m0/s1. The number of carbonyl (C=O) groups is 3. The van der Waals surface area contributed by atoms with Crippen LogP contribution in [0.25, 0.3) is 0 Å². The average Bonchev–Trinajstić information content (AvgIpc) is 2.51. The monoisotopic (exact) mass is 364 g/mol. The van der Waals surface area contributed by atoms with Crippen LogP contribution in [0, 0.1) is 0 Å². The van der Waals surface area contributed by atoms with E-state index >= 15 is 0 Å². The van der Waals surface area contributed by atoms with Gasteiger partial charge in [0, 0.05) is 12.1 Å². The molecule has 144 valence electrons. The third-order valence-electron chi connectivity index (χ3n) is 3.40. The van der Waals surface area contributed by atoms with Crippen LogP contribution in [0.3, 0.4) is 0 Å². The number of benzene rings is 1. The van der Waals surface area contributed by atoms with Crippen molar-refractivity contribution in [2.45, 2.75) is 58.2 Å². The summed E-state index contributed by atoms with van der Waals surface area (Å²) < 4.78 is 5.17. The third kappa shape index (κ3) is 7.10. The zero-order valence-corrected chi connectivity index (χ0v) is 15.7. The smallest absolute Gasteiger partial charge is 0.412 e. The highest BCUT2D eigenvalue weighted by Gasteiger charge is 2.26. The van der Waals surface area contributed by atoms with Gasteiger partial charge in [0.25, 0.3) is 0 Å². The summed E-state index contributed by atoms with van der Waals surface area (Å²) in [6.45, 7) is 7.16. The van der Waals surface area contributed by atoms with E-state index in [0.717, 1.165) is 0 Å². The molecular weight excluding hydrogens is 336 g/mol. The van der Waals surface area contributed by atoms with Crippen molar-refractivity contribution in [1.29, 1.82) is 0 Å². The van der Waals surface area contributed by atoms with Gasteiger partial charge >= 0.3 is 6.09 Å². The summed E-state index contributed by atoms with van der Waals surface area (Å²) in [6, 6.07) is 4.75. The Balaban J connectivity index is 2.80. The molecule has 3 amide bonds. The fourth-order valence-corrected chi connectivity index (χ4v) is 2.21. The molecule has 0 unspecified atom stereocenters. The Morgan fingerprint density at radius 3 is 2.19 bits per heavy atom. The van der Waals surface area contributed by atoms with E-state index in [-0.39, 0.29) is 12.3 Å². The molecule has 8 nitrogen and oxygen atoms in total. The van der Waals surface area contributed by atoms with Gasteiger partial charge < -0.3 is 21.5 Å². The van der Waals surface area contributed by atoms with Crippen molar-refractivity contribution in [3.05, 3.63) is 29.8 Å². The lowest BCUT2D eigenvalue weighted by molar-refractivity contribution is -0.127. The summed E-state index contributed by atoms with van der Waals surface area (Å²) in [5.41, 5.74) is 12.0. The van der Waals surface area contributed by atoms with E-state index in [0.29, 0.717) is 17.7 Å². The van der Waals surface area contributed by atoms with Gasteiger partial charge in [-0.2, -0.15) is 0 Å². The van der Waals surface area contributed by atoms with Crippen molar-refractivity contribution >= 4 is 23.6 Å². The minimum absolute atomic E-state index is 0.282.